The van der Waals surface area contributed by atoms with E-state index in [0.717, 1.165) is 25.7 Å². The summed E-state index contributed by atoms with van der Waals surface area (Å²) < 4.78 is 26.2. The number of anilines is 2. The molecule has 1 aliphatic carbocycles. The third kappa shape index (κ3) is 5.76. The van der Waals surface area contributed by atoms with Crippen LogP contribution in [0.3, 0.4) is 0 Å². The predicted molar refractivity (Wildman–Crippen MR) is 108 cm³/mol. The van der Waals surface area contributed by atoms with E-state index in [9.17, 15) is 18.4 Å². The maximum atomic E-state index is 13.2. The van der Waals surface area contributed by atoms with Crippen LogP contribution in [0, 0.1) is 11.6 Å². The smallest absolute Gasteiger partial charge is 0.246 e. The highest BCUT2D eigenvalue weighted by molar-refractivity contribution is 5.97. The number of nitrogens with one attached hydrogen (secondary N) is 3. The van der Waals surface area contributed by atoms with Gasteiger partial charge in [0, 0.05) is 11.4 Å². The molecular formula is C22H25F2N3O2. The van der Waals surface area contributed by atoms with Crippen LogP contribution in [-0.2, 0) is 9.59 Å². The molecule has 0 heterocycles. The van der Waals surface area contributed by atoms with Gasteiger partial charge in [-0.25, -0.2) is 8.78 Å². The number of rotatable bonds is 6. The van der Waals surface area contributed by atoms with Crippen LogP contribution in [0.1, 0.15) is 38.5 Å². The SMILES string of the molecule is O=C(CNC(=O)C1(Nc2ccc(F)cc2)CCCCCC1)Nc1ccc(F)cc1. The highest BCUT2D eigenvalue weighted by Gasteiger charge is 2.38. The van der Waals surface area contributed by atoms with Gasteiger partial charge in [-0.15, -0.1) is 0 Å². The standard InChI is InChI=1S/C22H25F2N3O2/c23-16-5-9-18(10-6-16)26-20(28)15-25-21(29)22(13-3-1-2-4-14-22)27-19-11-7-17(24)8-12-19/h5-12,27H,1-4,13-15H2,(H,25,29)(H,26,28). The first-order valence-corrected chi connectivity index (χ1v) is 9.84. The molecule has 3 N–H and O–H groups in total. The van der Waals surface area contributed by atoms with Crippen molar-refractivity contribution in [3.05, 3.63) is 60.2 Å². The molecule has 2 aromatic carbocycles. The van der Waals surface area contributed by atoms with E-state index in [2.05, 4.69) is 16.0 Å². The number of benzene rings is 2. The van der Waals surface area contributed by atoms with Gasteiger partial charge in [-0.1, -0.05) is 25.7 Å². The first kappa shape index (κ1) is 20.8. The molecule has 3 rings (SSSR count). The summed E-state index contributed by atoms with van der Waals surface area (Å²) in [6, 6.07) is 11.3. The molecule has 1 saturated carbocycles. The van der Waals surface area contributed by atoms with E-state index < -0.39 is 17.3 Å². The Hall–Kier alpha value is -2.96. The summed E-state index contributed by atoms with van der Waals surface area (Å²) in [5.74, 6) is -1.38. The lowest BCUT2D eigenvalue weighted by molar-refractivity contribution is -0.128. The molecule has 0 aliphatic heterocycles. The molecule has 2 aromatic rings. The summed E-state index contributed by atoms with van der Waals surface area (Å²) >= 11 is 0. The first-order chi connectivity index (χ1) is 14.0. The summed E-state index contributed by atoms with van der Waals surface area (Å²) in [5, 5.41) is 8.64. The Labute approximate surface area is 168 Å². The Morgan fingerprint density at radius 3 is 1.86 bits per heavy atom. The van der Waals surface area contributed by atoms with E-state index >= 15 is 0 Å². The average molecular weight is 401 g/mol. The lowest BCUT2D eigenvalue weighted by Gasteiger charge is -2.33. The molecule has 0 atom stereocenters. The van der Waals surface area contributed by atoms with E-state index in [1.54, 1.807) is 12.1 Å². The summed E-state index contributed by atoms with van der Waals surface area (Å²) in [5.41, 5.74) is 0.281. The molecular weight excluding hydrogens is 376 g/mol. The third-order valence-electron chi connectivity index (χ3n) is 5.16. The van der Waals surface area contributed by atoms with Crippen LogP contribution in [0.4, 0.5) is 20.2 Å². The zero-order valence-corrected chi connectivity index (χ0v) is 16.1. The molecule has 0 saturated heterocycles. The zero-order chi connectivity index (χ0) is 20.7. The second-order valence-corrected chi connectivity index (χ2v) is 7.37. The van der Waals surface area contributed by atoms with Crippen LogP contribution < -0.4 is 16.0 Å². The molecule has 2 amide bonds. The van der Waals surface area contributed by atoms with E-state index in [4.69, 9.17) is 0 Å². The van der Waals surface area contributed by atoms with Crippen LogP contribution in [0.25, 0.3) is 0 Å². The van der Waals surface area contributed by atoms with E-state index in [0.29, 0.717) is 24.2 Å². The van der Waals surface area contributed by atoms with E-state index in [-0.39, 0.29) is 18.3 Å². The van der Waals surface area contributed by atoms with Crippen molar-refractivity contribution in [3.63, 3.8) is 0 Å². The van der Waals surface area contributed by atoms with Crippen LogP contribution in [0.5, 0.6) is 0 Å². The predicted octanol–water partition coefficient (Wildman–Crippen LogP) is 4.22. The largest absolute Gasteiger partial charge is 0.371 e. The van der Waals surface area contributed by atoms with Crippen LogP contribution >= 0.6 is 0 Å². The van der Waals surface area contributed by atoms with Crippen molar-refractivity contribution in [1.82, 2.24) is 5.32 Å². The van der Waals surface area contributed by atoms with Gasteiger partial charge in [-0.3, -0.25) is 9.59 Å². The summed E-state index contributed by atoms with van der Waals surface area (Å²) in [7, 11) is 0. The van der Waals surface area contributed by atoms with Crippen molar-refractivity contribution in [3.8, 4) is 0 Å². The van der Waals surface area contributed by atoms with Crippen molar-refractivity contribution in [2.45, 2.75) is 44.1 Å². The molecule has 0 unspecified atom stereocenters. The Morgan fingerprint density at radius 2 is 1.31 bits per heavy atom. The fourth-order valence-electron chi connectivity index (χ4n) is 3.62. The van der Waals surface area contributed by atoms with E-state index in [1.807, 2.05) is 0 Å². The zero-order valence-electron chi connectivity index (χ0n) is 16.1. The van der Waals surface area contributed by atoms with Crippen LogP contribution in [0.15, 0.2) is 48.5 Å². The second kappa shape index (κ2) is 9.49. The van der Waals surface area contributed by atoms with Gasteiger partial charge in [0.2, 0.25) is 11.8 Å². The molecule has 0 bridgehead atoms. The van der Waals surface area contributed by atoms with Crippen molar-refractivity contribution in [2.24, 2.45) is 0 Å². The maximum Gasteiger partial charge on any atom is 0.246 e. The summed E-state index contributed by atoms with van der Waals surface area (Å²) in [6.07, 6.45) is 5.15. The van der Waals surface area contributed by atoms with Crippen molar-refractivity contribution < 1.29 is 18.4 Å². The van der Waals surface area contributed by atoms with Gasteiger partial charge in [-0.05, 0) is 61.4 Å². The van der Waals surface area contributed by atoms with E-state index in [1.165, 1.54) is 36.4 Å². The second-order valence-electron chi connectivity index (χ2n) is 7.37. The number of amides is 2. The minimum absolute atomic E-state index is 0.191. The minimum Gasteiger partial charge on any atom is -0.371 e. The normalized spacial score (nSPS) is 15.8. The van der Waals surface area contributed by atoms with Gasteiger partial charge in [0.25, 0.3) is 0 Å². The monoisotopic (exact) mass is 401 g/mol. The molecule has 154 valence electrons. The average Bonchev–Trinajstić information content (AvgIpc) is 2.96. The van der Waals surface area contributed by atoms with Crippen molar-refractivity contribution >= 4 is 23.2 Å². The number of hydrogen-bond acceptors (Lipinski definition) is 3. The van der Waals surface area contributed by atoms with Crippen molar-refractivity contribution in [1.29, 1.82) is 0 Å². The van der Waals surface area contributed by atoms with Gasteiger partial charge < -0.3 is 16.0 Å². The number of carbonyl (C=O) groups excluding carboxylic acids is 2. The minimum atomic E-state index is -0.843. The van der Waals surface area contributed by atoms with Gasteiger partial charge in [0.1, 0.15) is 17.2 Å². The van der Waals surface area contributed by atoms with Gasteiger partial charge in [-0.2, -0.15) is 0 Å². The third-order valence-corrected chi connectivity index (χ3v) is 5.16. The molecule has 5 nitrogen and oxygen atoms in total. The number of halogens is 2. The Kier molecular flexibility index (Phi) is 6.80. The molecule has 1 fully saturated rings. The van der Waals surface area contributed by atoms with Gasteiger partial charge in [0.05, 0.1) is 6.54 Å². The lowest BCUT2D eigenvalue weighted by atomic mass is 9.88. The number of carbonyl (C=O) groups is 2. The lowest BCUT2D eigenvalue weighted by Crippen LogP contribution is -2.53. The summed E-state index contributed by atoms with van der Waals surface area (Å²) in [6.45, 7) is -0.191. The van der Waals surface area contributed by atoms with Crippen LogP contribution in [-0.4, -0.2) is 23.9 Å². The van der Waals surface area contributed by atoms with Crippen molar-refractivity contribution in [2.75, 3.05) is 17.2 Å². The molecule has 29 heavy (non-hydrogen) atoms. The highest BCUT2D eigenvalue weighted by Crippen LogP contribution is 2.31. The highest BCUT2D eigenvalue weighted by atomic mass is 19.1. The Balaban J connectivity index is 1.65. The summed E-state index contributed by atoms with van der Waals surface area (Å²) in [4.78, 5) is 25.2. The van der Waals surface area contributed by atoms with Gasteiger partial charge in [0.15, 0.2) is 0 Å². The fourth-order valence-corrected chi connectivity index (χ4v) is 3.62. The molecule has 7 heteroatoms. The molecule has 0 radical (unpaired) electrons. The molecule has 0 aromatic heterocycles. The molecule has 0 spiro atoms. The first-order valence-electron chi connectivity index (χ1n) is 9.84. The maximum absolute atomic E-state index is 13.2. The Morgan fingerprint density at radius 1 is 0.793 bits per heavy atom. The Bertz CT molecular complexity index is 830. The van der Waals surface area contributed by atoms with Crippen LogP contribution in [0.2, 0.25) is 0 Å². The number of hydrogen-bond donors (Lipinski definition) is 3. The fraction of sp³-hybridized carbons (Fsp3) is 0.364. The topological polar surface area (TPSA) is 70.2 Å². The molecule has 1 aliphatic rings. The quantitative estimate of drug-likeness (QED) is 0.635. The van der Waals surface area contributed by atoms with Gasteiger partial charge >= 0.3 is 0 Å².